The first-order valence-corrected chi connectivity index (χ1v) is 11.0. The molecule has 0 amide bonds. The van der Waals surface area contributed by atoms with E-state index in [9.17, 15) is 20.5 Å². The molecule has 2 spiro atoms. The molecule has 6 aliphatic rings. The summed E-state index contributed by atoms with van der Waals surface area (Å²) in [5.41, 5.74) is -0.0521. The van der Waals surface area contributed by atoms with Gasteiger partial charge in [-0.3, -0.25) is 0 Å². The van der Waals surface area contributed by atoms with Crippen molar-refractivity contribution in [2.75, 3.05) is 13.1 Å². The minimum Gasteiger partial charge on any atom is -0.633 e. The number of piperidine rings is 1. The van der Waals surface area contributed by atoms with Crippen LogP contribution >= 0.6 is 0 Å². The molecule has 27 heavy (non-hydrogen) atoms. The van der Waals surface area contributed by atoms with Crippen LogP contribution in [0.1, 0.15) is 46.0 Å². The Labute approximate surface area is 161 Å². The van der Waals surface area contributed by atoms with E-state index in [1.807, 2.05) is 6.92 Å². The van der Waals surface area contributed by atoms with Gasteiger partial charge in [0.25, 0.3) is 0 Å². The van der Waals surface area contributed by atoms with Gasteiger partial charge in [-0.05, 0) is 56.4 Å². The first-order valence-electron chi connectivity index (χ1n) is 11.0. The molecule has 7 bridgehead atoms. The summed E-state index contributed by atoms with van der Waals surface area (Å²) in [4.78, 5) is 0. The third kappa shape index (κ3) is 1.49. The summed E-state index contributed by atoms with van der Waals surface area (Å²) in [6.07, 6.45) is 2.37. The number of rotatable bonds is 1. The Morgan fingerprint density at radius 2 is 1.96 bits per heavy atom. The highest BCUT2D eigenvalue weighted by atomic mass is 16.5. The number of likely N-dealkylation sites (tertiary alicyclic amines) is 1. The molecule has 150 valence electrons. The number of hydroxylamine groups is 3. The molecule has 3 N–H and O–H groups in total. The van der Waals surface area contributed by atoms with Gasteiger partial charge in [-0.15, -0.1) is 0 Å². The van der Waals surface area contributed by atoms with Crippen molar-refractivity contribution in [1.29, 1.82) is 0 Å². The molecule has 5 heteroatoms. The third-order valence-electron chi connectivity index (χ3n) is 10.9. The molecule has 6 fully saturated rings. The average molecular weight is 376 g/mol. The molecule has 5 saturated carbocycles. The Hall–Kier alpha value is -0.460. The number of hydrogen-bond donors (Lipinski definition) is 3. The van der Waals surface area contributed by atoms with Gasteiger partial charge in [0.05, 0.1) is 36.8 Å². The van der Waals surface area contributed by atoms with Crippen LogP contribution in [0, 0.1) is 45.1 Å². The Bertz CT molecular complexity index is 742. The summed E-state index contributed by atoms with van der Waals surface area (Å²) in [6.45, 7) is 9.62. The van der Waals surface area contributed by atoms with Gasteiger partial charge in [0, 0.05) is 22.7 Å². The summed E-state index contributed by atoms with van der Waals surface area (Å²) in [6, 6.07) is -0.132. The molecule has 1 heterocycles. The Morgan fingerprint density at radius 3 is 2.67 bits per heavy atom. The van der Waals surface area contributed by atoms with Crippen LogP contribution in [0.5, 0.6) is 0 Å². The van der Waals surface area contributed by atoms with Gasteiger partial charge < -0.3 is 25.2 Å². The van der Waals surface area contributed by atoms with Crippen LogP contribution in [0.25, 0.3) is 0 Å². The summed E-state index contributed by atoms with van der Waals surface area (Å²) in [5.74, 6) is 0.473. The fourth-order valence-electron chi connectivity index (χ4n) is 10.3. The SMILES string of the molecule is C=C1[C@H]2C[C@]3([C@@H]1O)[C@@H](C[C@H]2O)[C@]12C4[C@@H]3C[C@@H]1[C@](C)(CC[C@@H]2O)C[N@+]4([O-])CC. The normalized spacial score (nSPS) is 68.3. The molecule has 0 aromatic rings. The first kappa shape index (κ1) is 17.4. The van der Waals surface area contributed by atoms with Crippen molar-refractivity contribution in [3.63, 3.8) is 0 Å². The van der Waals surface area contributed by atoms with Crippen molar-refractivity contribution in [2.24, 2.45) is 39.9 Å². The monoisotopic (exact) mass is 375 g/mol. The van der Waals surface area contributed by atoms with Gasteiger partial charge in [-0.1, -0.05) is 13.5 Å². The van der Waals surface area contributed by atoms with Crippen LogP contribution in [0.3, 0.4) is 0 Å². The molecule has 0 radical (unpaired) electrons. The molecule has 1 unspecified atom stereocenters. The van der Waals surface area contributed by atoms with Crippen molar-refractivity contribution in [1.82, 2.24) is 0 Å². The number of aliphatic hydroxyl groups excluding tert-OH is 3. The zero-order chi connectivity index (χ0) is 19.1. The van der Waals surface area contributed by atoms with Gasteiger partial charge in [0.15, 0.2) is 0 Å². The number of hydrogen-bond acceptors (Lipinski definition) is 4. The summed E-state index contributed by atoms with van der Waals surface area (Å²) in [5, 5.41) is 48.0. The second-order valence-electron chi connectivity index (χ2n) is 11.2. The lowest BCUT2D eigenvalue weighted by molar-refractivity contribution is -0.927. The van der Waals surface area contributed by atoms with Crippen LogP contribution in [0.2, 0.25) is 0 Å². The zero-order valence-electron chi connectivity index (χ0n) is 16.5. The molecule has 1 aliphatic heterocycles. The van der Waals surface area contributed by atoms with E-state index in [1.54, 1.807) is 0 Å². The van der Waals surface area contributed by atoms with E-state index in [0.717, 1.165) is 31.3 Å². The second kappa shape index (κ2) is 4.65. The van der Waals surface area contributed by atoms with Crippen LogP contribution < -0.4 is 0 Å². The van der Waals surface area contributed by atoms with Crippen molar-refractivity contribution < 1.29 is 20.0 Å². The van der Waals surface area contributed by atoms with E-state index in [4.69, 9.17) is 0 Å². The maximum absolute atomic E-state index is 14.2. The van der Waals surface area contributed by atoms with Crippen LogP contribution in [-0.4, -0.2) is 57.4 Å². The molecule has 0 aromatic carbocycles. The molecule has 1 saturated heterocycles. The maximum atomic E-state index is 14.2. The fourth-order valence-corrected chi connectivity index (χ4v) is 10.3. The fraction of sp³-hybridized carbons (Fsp3) is 0.909. The van der Waals surface area contributed by atoms with Gasteiger partial charge >= 0.3 is 0 Å². The first-order chi connectivity index (χ1) is 12.7. The van der Waals surface area contributed by atoms with Crippen LogP contribution in [0.4, 0.5) is 0 Å². The van der Waals surface area contributed by atoms with Crippen LogP contribution in [0.15, 0.2) is 12.2 Å². The summed E-state index contributed by atoms with van der Waals surface area (Å²) in [7, 11) is 0. The van der Waals surface area contributed by atoms with Gasteiger partial charge in [0.1, 0.15) is 6.04 Å². The smallest absolute Gasteiger partial charge is 0.101 e. The van der Waals surface area contributed by atoms with Gasteiger partial charge in [-0.25, -0.2) is 0 Å². The van der Waals surface area contributed by atoms with Crippen molar-refractivity contribution in [3.05, 3.63) is 17.4 Å². The van der Waals surface area contributed by atoms with Gasteiger partial charge in [-0.2, -0.15) is 0 Å². The second-order valence-corrected chi connectivity index (χ2v) is 11.2. The lowest BCUT2D eigenvalue weighted by atomic mass is 9.43. The van der Waals surface area contributed by atoms with E-state index in [0.29, 0.717) is 25.4 Å². The number of fused-ring (bicyclic) bond motifs is 1. The average Bonchev–Trinajstić information content (AvgIpc) is 3.17. The highest BCUT2D eigenvalue weighted by Gasteiger charge is 2.88. The molecule has 6 rings (SSSR count). The van der Waals surface area contributed by atoms with Crippen molar-refractivity contribution >= 4 is 0 Å². The Kier molecular flexibility index (Phi) is 2.99. The number of quaternary nitrogens is 1. The summed E-state index contributed by atoms with van der Waals surface area (Å²) >= 11 is 0. The molecule has 5 nitrogen and oxygen atoms in total. The Morgan fingerprint density at radius 1 is 1.22 bits per heavy atom. The number of aliphatic hydroxyl groups is 3. The molecule has 12 atom stereocenters. The van der Waals surface area contributed by atoms with Crippen LogP contribution in [-0.2, 0) is 0 Å². The minimum absolute atomic E-state index is 0.0344. The quantitative estimate of drug-likeness (QED) is 0.371. The topological polar surface area (TPSA) is 83.8 Å². The standard InChI is InChI=1S/C22H33NO4/c1-4-23(27)10-20(3)6-5-17(25)22-15(20)7-13(18(22)23)21-9-12(11(2)19(21)26)14(24)8-16(21)22/h12-19,24-26H,2,4-10H2,1,3H3/t12-,13+,14-,15-,16-,17+,18?,19-,20-,21-,22-,23-/m1/s1. The highest BCUT2D eigenvalue weighted by molar-refractivity contribution is 5.38. The van der Waals surface area contributed by atoms with Crippen molar-refractivity contribution in [3.8, 4) is 0 Å². The third-order valence-corrected chi connectivity index (χ3v) is 10.9. The van der Waals surface area contributed by atoms with E-state index in [1.165, 1.54) is 0 Å². The highest BCUT2D eigenvalue weighted by Crippen LogP contribution is 2.84. The zero-order valence-corrected chi connectivity index (χ0v) is 16.5. The predicted molar refractivity (Wildman–Crippen MR) is 100 cm³/mol. The van der Waals surface area contributed by atoms with Gasteiger partial charge in [0.2, 0.25) is 0 Å². The molecular formula is C22H33NO4. The summed E-state index contributed by atoms with van der Waals surface area (Å²) < 4.78 is -0.215. The number of nitrogens with zero attached hydrogens (tertiary/aromatic N) is 1. The molecular weight excluding hydrogens is 342 g/mol. The predicted octanol–water partition coefficient (Wildman–Crippen LogP) is 1.80. The van der Waals surface area contributed by atoms with E-state index < -0.39 is 23.7 Å². The molecule has 5 aliphatic carbocycles. The lowest BCUT2D eigenvalue weighted by Gasteiger charge is -2.68. The largest absolute Gasteiger partial charge is 0.633 e. The molecule has 0 aromatic heterocycles. The van der Waals surface area contributed by atoms with E-state index in [2.05, 4.69) is 13.5 Å². The lowest BCUT2D eigenvalue weighted by Crippen LogP contribution is -2.73. The minimum atomic E-state index is -0.638. The van der Waals surface area contributed by atoms with E-state index >= 15 is 0 Å². The maximum Gasteiger partial charge on any atom is 0.101 e. The Balaban J connectivity index is 1.63. The van der Waals surface area contributed by atoms with E-state index in [-0.39, 0.29) is 39.3 Å². The van der Waals surface area contributed by atoms with Crippen molar-refractivity contribution in [2.45, 2.75) is 70.3 Å².